The molecule has 0 spiro atoms. The first-order chi connectivity index (χ1) is 12.2. The number of morpholine rings is 1. The van der Waals surface area contributed by atoms with Gasteiger partial charge >= 0.3 is 0 Å². The molecular weight excluding hydrogens is 320 g/mol. The van der Waals surface area contributed by atoms with E-state index in [1.54, 1.807) is 6.07 Å². The van der Waals surface area contributed by atoms with Crippen LogP contribution in [0.15, 0.2) is 29.1 Å². The maximum Gasteiger partial charge on any atom is 0.258 e. The van der Waals surface area contributed by atoms with Gasteiger partial charge in [0.1, 0.15) is 12.4 Å². The van der Waals surface area contributed by atoms with Crippen LogP contribution < -0.4 is 5.56 Å². The van der Waals surface area contributed by atoms with Crippen molar-refractivity contribution in [2.75, 3.05) is 39.4 Å². The van der Waals surface area contributed by atoms with Gasteiger partial charge in [-0.25, -0.2) is 4.98 Å². The van der Waals surface area contributed by atoms with Gasteiger partial charge < -0.3 is 14.6 Å². The Labute approximate surface area is 145 Å². The third-order valence-corrected chi connectivity index (χ3v) is 5.05. The van der Waals surface area contributed by atoms with Crippen molar-refractivity contribution in [1.29, 1.82) is 0 Å². The molecule has 25 heavy (non-hydrogen) atoms. The zero-order chi connectivity index (χ0) is 17.2. The van der Waals surface area contributed by atoms with Crippen LogP contribution in [0.3, 0.4) is 0 Å². The average molecular weight is 342 g/mol. The number of para-hydroxylation sites is 1. The minimum atomic E-state index is -0.0872. The van der Waals surface area contributed by atoms with Crippen molar-refractivity contribution in [2.45, 2.75) is 18.9 Å². The number of likely N-dealkylation sites (tertiary alicyclic amines) is 1. The number of aromatic nitrogens is 2. The lowest BCUT2D eigenvalue weighted by Crippen LogP contribution is -2.45. The summed E-state index contributed by atoms with van der Waals surface area (Å²) in [6, 6.07) is 7.52. The van der Waals surface area contributed by atoms with Gasteiger partial charge in [-0.15, -0.1) is 0 Å². The Morgan fingerprint density at radius 2 is 2.08 bits per heavy atom. The third kappa shape index (κ3) is 3.29. The normalized spacial score (nSPS) is 22.0. The number of aromatic amines is 1. The quantitative estimate of drug-likeness (QED) is 0.894. The molecule has 1 aromatic heterocycles. The van der Waals surface area contributed by atoms with Crippen molar-refractivity contribution < 1.29 is 9.53 Å². The molecule has 1 atom stereocenters. The molecule has 1 amide bonds. The topological polar surface area (TPSA) is 78.5 Å². The molecule has 0 bridgehead atoms. The molecule has 1 unspecified atom stereocenters. The van der Waals surface area contributed by atoms with Gasteiger partial charge in [0.2, 0.25) is 5.91 Å². The number of nitrogens with one attached hydrogen (secondary N) is 1. The van der Waals surface area contributed by atoms with E-state index in [9.17, 15) is 9.59 Å². The predicted molar refractivity (Wildman–Crippen MR) is 93.3 cm³/mol. The molecular formula is C18H22N4O3. The van der Waals surface area contributed by atoms with E-state index in [4.69, 9.17) is 4.74 Å². The van der Waals surface area contributed by atoms with E-state index in [1.165, 1.54) is 0 Å². The Morgan fingerprint density at radius 1 is 1.20 bits per heavy atom. The molecule has 132 valence electrons. The molecule has 7 heteroatoms. The lowest BCUT2D eigenvalue weighted by molar-refractivity contribution is -0.142. The van der Waals surface area contributed by atoms with E-state index in [-0.39, 0.29) is 24.1 Å². The van der Waals surface area contributed by atoms with Gasteiger partial charge in [0.15, 0.2) is 0 Å². The first-order valence-electron chi connectivity index (χ1n) is 8.81. The number of carbonyl (C=O) groups excluding carboxylic acids is 1. The number of amides is 1. The number of hydrogen-bond acceptors (Lipinski definition) is 5. The van der Waals surface area contributed by atoms with Crippen molar-refractivity contribution in [1.82, 2.24) is 19.8 Å². The van der Waals surface area contributed by atoms with Crippen molar-refractivity contribution >= 4 is 16.8 Å². The van der Waals surface area contributed by atoms with E-state index in [0.29, 0.717) is 25.1 Å². The predicted octanol–water partition coefficient (Wildman–Crippen LogP) is 0.919. The molecule has 0 radical (unpaired) electrons. The summed E-state index contributed by atoms with van der Waals surface area (Å²) >= 11 is 0. The Kier molecular flexibility index (Phi) is 4.50. The van der Waals surface area contributed by atoms with E-state index >= 15 is 0 Å². The van der Waals surface area contributed by atoms with E-state index in [2.05, 4.69) is 14.9 Å². The zero-order valence-electron chi connectivity index (χ0n) is 14.1. The Hall–Kier alpha value is -2.25. The summed E-state index contributed by atoms with van der Waals surface area (Å²) in [6.07, 6.45) is 2.04. The number of fused-ring (bicyclic) bond motifs is 1. The Balaban J connectivity index is 1.51. The minimum Gasteiger partial charge on any atom is -0.370 e. The fourth-order valence-corrected chi connectivity index (χ4v) is 3.70. The summed E-state index contributed by atoms with van der Waals surface area (Å²) in [4.78, 5) is 36.0. The number of ether oxygens (including phenoxy) is 1. The number of rotatable bonds is 4. The standard InChI is InChI=1S/C18H22N4O3/c23-16-12-25-11-10-22(16)9-8-21-7-3-6-15(21)17-19-14-5-2-1-4-13(14)18(24)20-17/h1-2,4-5,15H,3,6-12H2,(H,19,20,24). The second-order valence-corrected chi connectivity index (χ2v) is 6.60. The Morgan fingerprint density at radius 3 is 2.96 bits per heavy atom. The number of hydrogen-bond donors (Lipinski definition) is 1. The van der Waals surface area contributed by atoms with E-state index in [1.807, 2.05) is 23.1 Å². The van der Waals surface area contributed by atoms with Gasteiger partial charge in [0.25, 0.3) is 5.56 Å². The zero-order valence-corrected chi connectivity index (χ0v) is 14.1. The van der Waals surface area contributed by atoms with Crippen LogP contribution in [-0.2, 0) is 9.53 Å². The van der Waals surface area contributed by atoms with Crippen LogP contribution in [0.1, 0.15) is 24.7 Å². The van der Waals surface area contributed by atoms with Crippen LogP contribution >= 0.6 is 0 Å². The fourth-order valence-electron chi connectivity index (χ4n) is 3.70. The highest BCUT2D eigenvalue weighted by Crippen LogP contribution is 2.29. The highest BCUT2D eigenvalue weighted by molar-refractivity contribution is 5.78. The maximum atomic E-state index is 12.3. The molecule has 0 saturated carbocycles. The average Bonchev–Trinajstić information content (AvgIpc) is 3.10. The summed E-state index contributed by atoms with van der Waals surface area (Å²) in [5, 5.41) is 0.620. The molecule has 2 fully saturated rings. The third-order valence-electron chi connectivity index (χ3n) is 5.05. The maximum absolute atomic E-state index is 12.3. The first kappa shape index (κ1) is 16.2. The number of benzene rings is 1. The molecule has 1 aromatic carbocycles. The van der Waals surface area contributed by atoms with Gasteiger partial charge in [-0.2, -0.15) is 0 Å². The second kappa shape index (κ2) is 6.93. The highest BCUT2D eigenvalue weighted by atomic mass is 16.5. The van der Waals surface area contributed by atoms with Crippen LogP contribution in [0.4, 0.5) is 0 Å². The molecule has 4 rings (SSSR count). The van der Waals surface area contributed by atoms with Crippen molar-refractivity contribution in [3.63, 3.8) is 0 Å². The van der Waals surface area contributed by atoms with Crippen LogP contribution in [0.2, 0.25) is 0 Å². The fraction of sp³-hybridized carbons (Fsp3) is 0.500. The van der Waals surface area contributed by atoms with Gasteiger partial charge in [-0.05, 0) is 31.5 Å². The van der Waals surface area contributed by atoms with Crippen LogP contribution in [-0.4, -0.2) is 65.1 Å². The SMILES string of the molecule is O=C1COCCN1CCN1CCCC1c1nc2ccccc2c(=O)[nH]1. The van der Waals surface area contributed by atoms with Crippen molar-refractivity contribution in [3.8, 4) is 0 Å². The first-order valence-corrected chi connectivity index (χ1v) is 8.81. The van der Waals surface area contributed by atoms with Crippen LogP contribution in [0, 0.1) is 0 Å². The highest BCUT2D eigenvalue weighted by Gasteiger charge is 2.29. The van der Waals surface area contributed by atoms with Crippen LogP contribution in [0.25, 0.3) is 10.9 Å². The van der Waals surface area contributed by atoms with Gasteiger partial charge in [-0.3, -0.25) is 14.5 Å². The summed E-state index contributed by atoms with van der Waals surface area (Å²) in [5.74, 6) is 0.786. The van der Waals surface area contributed by atoms with E-state index < -0.39 is 0 Å². The summed E-state index contributed by atoms with van der Waals surface area (Å²) in [7, 11) is 0. The lowest BCUT2D eigenvalue weighted by Gasteiger charge is -2.30. The molecule has 0 aliphatic carbocycles. The van der Waals surface area contributed by atoms with Gasteiger partial charge in [0, 0.05) is 19.6 Å². The smallest absolute Gasteiger partial charge is 0.258 e. The van der Waals surface area contributed by atoms with Crippen molar-refractivity contribution in [3.05, 3.63) is 40.4 Å². The summed E-state index contributed by atoms with van der Waals surface area (Å²) in [5.41, 5.74) is 0.646. The van der Waals surface area contributed by atoms with Crippen molar-refractivity contribution in [2.24, 2.45) is 0 Å². The summed E-state index contributed by atoms with van der Waals surface area (Å²) in [6.45, 7) is 3.88. The molecule has 3 heterocycles. The van der Waals surface area contributed by atoms with E-state index in [0.717, 1.165) is 37.3 Å². The molecule has 7 nitrogen and oxygen atoms in total. The van der Waals surface area contributed by atoms with Gasteiger partial charge in [-0.1, -0.05) is 12.1 Å². The summed E-state index contributed by atoms with van der Waals surface area (Å²) < 4.78 is 5.17. The Bertz CT molecular complexity index is 834. The monoisotopic (exact) mass is 342 g/mol. The molecule has 2 aliphatic heterocycles. The number of H-pyrrole nitrogens is 1. The second-order valence-electron chi connectivity index (χ2n) is 6.60. The van der Waals surface area contributed by atoms with Gasteiger partial charge in [0.05, 0.1) is 23.6 Å². The van der Waals surface area contributed by atoms with Crippen LogP contribution in [0.5, 0.6) is 0 Å². The number of nitrogens with zero attached hydrogens (tertiary/aromatic N) is 3. The molecule has 2 saturated heterocycles. The number of carbonyl (C=O) groups is 1. The minimum absolute atomic E-state index is 0.0548. The largest absolute Gasteiger partial charge is 0.370 e. The molecule has 1 N–H and O–H groups in total. The molecule has 2 aliphatic rings. The lowest BCUT2D eigenvalue weighted by atomic mass is 10.2. The molecule has 2 aromatic rings.